The number of ether oxygens (including phenoxy) is 1. The summed E-state index contributed by atoms with van der Waals surface area (Å²) in [6.45, 7) is 9.89. The Bertz CT molecular complexity index is 613. The second-order valence-electron chi connectivity index (χ2n) is 8.43. The normalized spacial score (nSPS) is 22.8. The van der Waals surface area contributed by atoms with Crippen LogP contribution in [0.3, 0.4) is 0 Å². The molecule has 1 fully saturated rings. The maximum atomic E-state index is 12.3. The number of benzene rings is 1. The maximum Gasteiger partial charge on any atom is 0.258 e. The van der Waals surface area contributed by atoms with Crippen molar-refractivity contribution >= 4 is 5.91 Å². The van der Waals surface area contributed by atoms with Gasteiger partial charge in [0.15, 0.2) is 6.61 Å². The van der Waals surface area contributed by atoms with Gasteiger partial charge in [0, 0.05) is 11.6 Å². The van der Waals surface area contributed by atoms with Crippen molar-refractivity contribution in [2.24, 2.45) is 0 Å². The van der Waals surface area contributed by atoms with Gasteiger partial charge >= 0.3 is 0 Å². The molecule has 2 atom stereocenters. The van der Waals surface area contributed by atoms with Gasteiger partial charge in [-0.1, -0.05) is 12.1 Å². The van der Waals surface area contributed by atoms with Gasteiger partial charge in [-0.15, -0.1) is 0 Å². The van der Waals surface area contributed by atoms with Gasteiger partial charge in [0.05, 0.1) is 11.6 Å². The van der Waals surface area contributed by atoms with Gasteiger partial charge < -0.3 is 20.6 Å². The molecule has 1 heterocycles. The lowest BCUT2D eigenvalue weighted by molar-refractivity contribution is -0.194. The summed E-state index contributed by atoms with van der Waals surface area (Å²) in [5.74, 6) is 0.498. The average molecular weight is 364 g/mol. The summed E-state index contributed by atoms with van der Waals surface area (Å²) in [7, 11) is 1.95. The summed E-state index contributed by atoms with van der Waals surface area (Å²) >= 11 is 0. The predicted molar refractivity (Wildman–Crippen MR) is 102 cm³/mol. The lowest BCUT2D eigenvalue weighted by Crippen LogP contribution is -2.53. The summed E-state index contributed by atoms with van der Waals surface area (Å²) < 4.78 is 5.61. The third kappa shape index (κ3) is 4.75. The number of rotatable bonds is 7. The highest BCUT2D eigenvalue weighted by Crippen LogP contribution is 2.38. The van der Waals surface area contributed by atoms with Crippen molar-refractivity contribution in [1.29, 1.82) is 0 Å². The van der Waals surface area contributed by atoms with Crippen LogP contribution in [0, 0.1) is 0 Å². The first kappa shape index (κ1) is 20.7. The van der Waals surface area contributed by atoms with Gasteiger partial charge in [-0.3, -0.25) is 4.79 Å². The van der Waals surface area contributed by atoms with E-state index in [0.29, 0.717) is 18.2 Å². The molecular formula is C20H33N3O3. The van der Waals surface area contributed by atoms with Crippen molar-refractivity contribution in [3.63, 3.8) is 0 Å². The molecule has 1 aliphatic rings. The van der Waals surface area contributed by atoms with Crippen LogP contribution >= 0.6 is 0 Å². The van der Waals surface area contributed by atoms with Crippen LogP contribution < -0.4 is 15.4 Å². The first-order valence-corrected chi connectivity index (χ1v) is 9.24. The molecule has 0 radical (unpaired) electrons. The van der Waals surface area contributed by atoms with Crippen LogP contribution in [0.25, 0.3) is 0 Å². The van der Waals surface area contributed by atoms with Crippen LogP contribution in [-0.2, 0) is 11.2 Å². The molecule has 0 bridgehead atoms. The quantitative estimate of drug-likeness (QED) is 0.693. The predicted octanol–water partition coefficient (Wildman–Crippen LogP) is 2.35. The molecule has 2 unspecified atom stereocenters. The number of hydroxylamine groups is 2. The van der Waals surface area contributed by atoms with E-state index in [0.717, 1.165) is 6.42 Å². The molecule has 146 valence electrons. The van der Waals surface area contributed by atoms with E-state index >= 15 is 0 Å². The average Bonchev–Trinajstić information content (AvgIpc) is 2.73. The lowest BCUT2D eigenvalue weighted by atomic mass is 9.94. The van der Waals surface area contributed by atoms with Crippen molar-refractivity contribution in [1.82, 2.24) is 15.7 Å². The van der Waals surface area contributed by atoms with Crippen molar-refractivity contribution in [2.45, 2.75) is 70.6 Å². The van der Waals surface area contributed by atoms with E-state index in [-0.39, 0.29) is 24.1 Å². The number of hydrogen-bond acceptors (Lipinski definition) is 5. The summed E-state index contributed by atoms with van der Waals surface area (Å²) in [6, 6.07) is 8.11. The Morgan fingerprint density at radius 3 is 2.42 bits per heavy atom. The second kappa shape index (κ2) is 7.94. The summed E-state index contributed by atoms with van der Waals surface area (Å²) in [6.07, 6.45) is 1.63. The third-order valence-electron chi connectivity index (χ3n) is 5.34. The van der Waals surface area contributed by atoms with E-state index in [4.69, 9.17) is 4.74 Å². The van der Waals surface area contributed by atoms with Crippen LogP contribution in [-0.4, -0.2) is 53.0 Å². The third-order valence-corrected chi connectivity index (χ3v) is 5.34. The number of carbonyl (C=O) groups is 1. The zero-order chi connectivity index (χ0) is 19.5. The summed E-state index contributed by atoms with van der Waals surface area (Å²) in [5.41, 5.74) is 0.328. The number of hydrogen-bond donors (Lipinski definition) is 3. The Morgan fingerprint density at radius 2 is 1.92 bits per heavy atom. The fourth-order valence-electron chi connectivity index (χ4n) is 3.55. The molecule has 1 aromatic rings. The second-order valence-corrected chi connectivity index (χ2v) is 8.43. The van der Waals surface area contributed by atoms with Crippen LogP contribution in [0.1, 0.15) is 46.6 Å². The Labute approximate surface area is 156 Å². The highest BCUT2D eigenvalue weighted by molar-refractivity contribution is 5.78. The number of likely N-dealkylation sites (N-methyl/N-ethyl adjacent to an activating group) is 1. The molecule has 1 aliphatic heterocycles. The molecule has 1 aromatic carbocycles. The Morgan fingerprint density at radius 1 is 1.31 bits per heavy atom. The van der Waals surface area contributed by atoms with Gasteiger partial charge in [0.2, 0.25) is 0 Å². The molecule has 1 amide bonds. The minimum Gasteiger partial charge on any atom is -0.484 e. The number of carbonyl (C=O) groups excluding carboxylic acids is 1. The van der Waals surface area contributed by atoms with Gasteiger partial charge in [0.1, 0.15) is 5.75 Å². The van der Waals surface area contributed by atoms with Gasteiger partial charge in [-0.05, 0) is 72.2 Å². The Balaban J connectivity index is 1.85. The minimum atomic E-state index is -0.523. The number of nitrogens with one attached hydrogen (secondary N) is 2. The van der Waals surface area contributed by atoms with Crippen LogP contribution in [0.15, 0.2) is 24.3 Å². The molecule has 1 saturated heterocycles. The zero-order valence-corrected chi connectivity index (χ0v) is 16.8. The van der Waals surface area contributed by atoms with Crippen LogP contribution in [0.2, 0.25) is 0 Å². The smallest absolute Gasteiger partial charge is 0.258 e. The van der Waals surface area contributed by atoms with E-state index in [9.17, 15) is 10.0 Å². The largest absolute Gasteiger partial charge is 0.484 e. The van der Waals surface area contributed by atoms with Crippen molar-refractivity contribution in [2.75, 3.05) is 13.7 Å². The van der Waals surface area contributed by atoms with Crippen molar-refractivity contribution in [3.05, 3.63) is 29.8 Å². The molecule has 2 rings (SSSR count). The zero-order valence-electron chi connectivity index (χ0n) is 16.8. The van der Waals surface area contributed by atoms with E-state index in [1.165, 1.54) is 10.6 Å². The summed E-state index contributed by atoms with van der Waals surface area (Å²) in [5, 5.41) is 17.9. The minimum absolute atomic E-state index is 0.0370. The van der Waals surface area contributed by atoms with E-state index in [2.05, 4.69) is 17.6 Å². The van der Waals surface area contributed by atoms with Gasteiger partial charge in [-0.2, -0.15) is 5.06 Å². The fourth-order valence-corrected chi connectivity index (χ4v) is 3.55. The molecule has 6 nitrogen and oxygen atoms in total. The van der Waals surface area contributed by atoms with E-state index in [1.807, 2.05) is 59.0 Å². The fraction of sp³-hybridized carbons (Fsp3) is 0.650. The highest BCUT2D eigenvalue weighted by atomic mass is 16.5. The molecule has 6 heteroatoms. The van der Waals surface area contributed by atoms with Crippen LogP contribution in [0.4, 0.5) is 0 Å². The first-order chi connectivity index (χ1) is 12.1. The topological polar surface area (TPSA) is 73.8 Å². The standard InChI is InChI=1S/C20H33N3O3/c1-14(21-6)11-15-7-9-16(10-8-15)26-13-18(24)22-17-12-19(2,3)23(25)20(17,4)5/h7-10,14,17,21,25H,11-13H2,1-6H3,(H,22,24). The summed E-state index contributed by atoms with van der Waals surface area (Å²) in [4.78, 5) is 12.3. The van der Waals surface area contributed by atoms with Gasteiger partial charge in [0.25, 0.3) is 5.91 Å². The van der Waals surface area contributed by atoms with E-state index in [1.54, 1.807) is 0 Å². The first-order valence-electron chi connectivity index (χ1n) is 9.24. The molecule has 3 N–H and O–H groups in total. The molecular weight excluding hydrogens is 330 g/mol. The van der Waals surface area contributed by atoms with Crippen LogP contribution in [0.5, 0.6) is 5.75 Å². The number of amides is 1. The lowest BCUT2D eigenvalue weighted by Gasteiger charge is -2.35. The highest BCUT2D eigenvalue weighted by Gasteiger charge is 2.51. The molecule has 0 saturated carbocycles. The molecule has 0 aliphatic carbocycles. The number of nitrogens with zero attached hydrogens (tertiary/aromatic N) is 1. The maximum absolute atomic E-state index is 12.3. The van der Waals surface area contributed by atoms with Crippen molar-refractivity contribution in [3.8, 4) is 5.75 Å². The van der Waals surface area contributed by atoms with Crippen molar-refractivity contribution < 1.29 is 14.7 Å². The Kier molecular flexibility index (Phi) is 6.32. The molecule has 0 aromatic heterocycles. The van der Waals surface area contributed by atoms with E-state index < -0.39 is 5.54 Å². The monoisotopic (exact) mass is 363 g/mol. The molecule has 26 heavy (non-hydrogen) atoms. The molecule has 0 spiro atoms. The SMILES string of the molecule is CNC(C)Cc1ccc(OCC(=O)NC2CC(C)(C)N(O)C2(C)C)cc1. The Hall–Kier alpha value is -1.63. The van der Waals surface area contributed by atoms with Gasteiger partial charge in [-0.25, -0.2) is 0 Å².